The fraction of sp³-hybridized carbons (Fsp3) is 0.583. The molecular formula is C12H16N6O2. The zero-order valence-corrected chi connectivity index (χ0v) is 11.1. The molecular weight excluding hydrogens is 260 g/mol. The Morgan fingerprint density at radius 3 is 2.85 bits per heavy atom. The van der Waals surface area contributed by atoms with Crippen LogP contribution in [0.4, 0.5) is 0 Å². The zero-order valence-electron chi connectivity index (χ0n) is 11.1. The molecule has 0 N–H and O–H groups in total. The van der Waals surface area contributed by atoms with Gasteiger partial charge in [-0.05, 0) is 29.2 Å². The van der Waals surface area contributed by atoms with Crippen molar-refractivity contribution < 1.29 is 9.47 Å². The van der Waals surface area contributed by atoms with Gasteiger partial charge in [-0.15, -0.1) is 5.10 Å². The van der Waals surface area contributed by atoms with Crippen LogP contribution in [0, 0.1) is 5.92 Å². The maximum atomic E-state index is 5.57. The van der Waals surface area contributed by atoms with E-state index >= 15 is 0 Å². The van der Waals surface area contributed by atoms with Crippen LogP contribution in [0.3, 0.4) is 0 Å². The number of hydrogen-bond acceptors (Lipinski definition) is 7. The standard InChI is InChI=1S/C12H16N6O2/c1-3-19-4-2-10(1)7-18-12(15-16-17-18)8-20-11-5-13-9-14-6-11/h5-6,9-10H,1-4,7-8H2. The molecule has 0 radical (unpaired) electrons. The fourth-order valence-electron chi connectivity index (χ4n) is 2.15. The lowest BCUT2D eigenvalue weighted by molar-refractivity contribution is 0.0593. The van der Waals surface area contributed by atoms with Gasteiger partial charge in [0.05, 0.1) is 12.4 Å². The highest BCUT2D eigenvalue weighted by molar-refractivity contribution is 5.10. The van der Waals surface area contributed by atoms with Gasteiger partial charge in [0.2, 0.25) is 0 Å². The van der Waals surface area contributed by atoms with Crippen molar-refractivity contribution in [2.24, 2.45) is 5.92 Å². The predicted molar refractivity (Wildman–Crippen MR) is 67.7 cm³/mol. The first-order valence-corrected chi connectivity index (χ1v) is 6.62. The topological polar surface area (TPSA) is 87.8 Å². The Balaban J connectivity index is 1.58. The second-order valence-corrected chi connectivity index (χ2v) is 4.70. The van der Waals surface area contributed by atoms with Crippen LogP contribution in [0.2, 0.25) is 0 Å². The largest absolute Gasteiger partial charge is 0.482 e. The first-order chi connectivity index (χ1) is 9.92. The van der Waals surface area contributed by atoms with Crippen LogP contribution in [0.15, 0.2) is 18.7 Å². The van der Waals surface area contributed by atoms with E-state index in [4.69, 9.17) is 9.47 Å². The van der Waals surface area contributed by atoms with Gasteiger partial charge in [0.1, 0.15) is 12.9 Å². The van der Waals surface area contributed by atoms with Gasteiger partial charge >= 0.3 is 0 Å². The van der Waals surface area contributed by atoms with Gasteiger partial charge in [0.25, 0.3) is 0 Å². The van der Waals surface area contributed by atoms with E-state index in [0.717, 1.165) is 32.6 Å². The Kier molecular flexibility index (Phi) is 4.12. The molecule has 0 bridgehead atoms. The Labute approximate surface area is 116 Å². The van der Waals surface area contributed by atoms with E-state index in [9.17, 15) is 0 Å². The van der Waals surface area contributed by atoms with E-state index in [1.807, 2.05) is 0 Å². The Morgan fingerprint density at radius 1 is 1.25 bits per heavy atom. The molecule has 0 saturated carbocycles. The molecule has 106 valence electrons. The fourth-order valence-corrected chi connectivity index (χ4v) is 2.15. The highest BCUT2D eigenvalue weighted by atomic mass is 16.5. The van der Waals surface area contributed by atoms with Gasteiger partial charge in [0.15, 0.2) is 11.6 Å². The minimum Gasteiger partial charge on any atom is -0.482 e. The smallest absolute Gasteiger partial charge is 0.189 e. The number of aromatic nitrogens is 6. The summed E-state index contributed by atoms with van der Waals surface area (Å²) in [5, 5.41) is 11.7. The third kappa shape index (κ3) is 3.27. The summed E-state index contributed by atoms with van der Waals surface area (Å²) in [7, 11) is 0. The second kappa shape index (κ2) is 6.38. The number of rotatable bonds is 5. The summed E-state index contributed by atoms with van der Waals surface area (Å²) in [6.07, 6.45) is 6.78. The molecule has 2 aromatic rings. The van der Waals surface area contributed by atoms with Gasteiger partial charge in [-0.3, -0.25) is 0 Å². The van der Waals surface area contributed by atoms with Crippen molar-refractivity contribution >= 4 is 0 Å². The lowest BCUT2D eigenvalue weighted by Crippen LogP contribution is -2.22. The molecule has 0 unspecified atom stereocenters. The summed E-state index contributed by atoms with van der Waals surface area (Å²) in [4.78, 5) is 7.78. The molecule has 1 aliphatic heterocycles. The maximum Gasteiger partial charge on any atom is 0.189 e. The SMILES string of the molecule is c1ncc(OCc2nnnn2CC2CCOCC2)cn1. The van der Waals surface area contributed by atoms with Crippen LogP contribution in [0.1, 0.15) is 18.7 Å². The van der Waals surface area contributed by atoms with Crippen molar-refractivity contribution in [2.75, 3.05) is 13.2 Å². The molecule has 20 heavy (non-hydrogen) atoms. The zero-order chi connectivity index (χ0) is 13.6. The van der Waals surface area contributed by atoms with Gasteiger partial charge in [-0.2, -0.15) is 0 Å². The molecule has 0 atom stereocenters. The average Bonchev–Trinajstić information content (AvgIpc) is 2.94. The Hall–Kier alpha value is -2.09. The molecule has 3 rings (SSSR count). The molecule has 1 fully saturated rings. The molecule has 1 aliphatic rings. The first kappa shape index (κ1) is 12.9. The monoisotopic (exact) mass is 276 g/mol. The predicted octanol–water partition coefficient (Wildman–Crippen LogP) is 0.469. The van der Waals surface area contributed by atoms with E-state index in [2.05, 4.69) is 25.5 Å². The number of ether oxygens (including phenoxy) is 2. The van der Waals surface area contributed by atoms with Crippen LogP contribution in [-0.2, 0) is 17.9 Å². The summed E-state index contributed by atoms with van der Waals surface area (Å²) >= 11 is 0. The molecule has 1 saturated heterocycles. The molecule has 0 spiro atoms. The van der Waals surface area contributed by atoms with Crippen molar-refractivity contribution in [1.29, 1.82) is 0 Å². The molecule has 8 heteroatoms. The number of tetrazole rings is 1. The van der Waals surface area contributed by atoms with Crippen molar-refractivity contribution in [1.82, 2.24) is 30.2 Å². The Morgan fingerprint density at radius 2 is 2.05 bits per heavy atom. The quantitative estimate of drug-likeness (QED) is 0.784. The molecule has 0 aromatic carbocycles. The number of nitrogens with zero attached hydrogens (tertiary/aromatic N) is 6. The highest BCUT2D eigenvalue weighted by Crippen LogP contribution is 2.17. The third-order valence-corrected chi connectivity index (χ3v) is 3.28. The molecule has 8 nitrogen and oxygen atoms in total. The van der Waals surface area contributed by atoms with Crippen LogP contribution in [0.25, 0.3) is 0 Å². The van der Waals surface area contributed by atoms with E-state index in [1.54, 1.807) is 17.1 Å². The summed E-state index contributed by atoms with van der Waals surface area (Å²) in [6.45, 7) is 2.75. The molecule has 0 amide bonds. The summed E-state index contributed by atoms with van der Waals surface area (Å²) < 4.78 is 12.7. The minimum absolute atomic E-state index is 0.309. The Bertz CT molecular complexity index is 526. The van der Waals surface area contributed by atoms with E-state index in [1.165, 1.54) is 6.33 Å². The van der Waals surface area contributed by atoms with Crippen molar-refractivity contribution in [3.05, 3.63) is 24.5 Å². The minimum atomic E-state index is 0.309. The van der Waals surface area contributed by atoms with Crippen molar-refractivity contribution in [3.63, 3.8) is 0 Å². The van der Waals surface area contributed by atoms with Gasteiger partial charge in [-0.1, -0.05) is 0 Å². The lowest BCUT2D eigenvalue weighted by Gasteiger charge is -2.21. The van der Waals surface area contributed by atoms with Gasteiger partial charge < -0.3 is 9.47 Å². The van der Waals surface area contributed by atoms with Crippen LogP contribution in [0.5, 0.6) is 5.75 Å². The average molecular weight is 276 g/mol. The van der Waals surface area contributed by atoms with Crippen molar-refractivity contribution in [3.8, 4) is 5.75 Å². The van der Waals surface area contributed by atoms with E-state index in [0.29, 0.717) is 24.1 Å². The van der Waals surface area contributed by atoms with Gasteiger partial charge in [-0.25, -0.2) is 14.6 Å². The van der Waals surface area contributed by atoms with Gasteiger partial charge in [0, 0.05) is 19.8 Å². The van der Waals surface area contributed by atoms with Crippen LogP contribution < -0.4 is 4.74 Å². The second-order valence-electron chi connectivity index (χ2n) is 4.70. The molecule has 3 heterocycles. The molecule has 0 aliphatic carbocycles. The summed E-state index contributed by atoms with van der Waals surface area (Å²) in [5.41, 5.74) is 0. The van der Waals surface area contributed by atoms with E-state index < -0.39 is 0 Å². The van der Waals surface area contributed by atoms with E-state index in [-0.39, 0.29) is 0 Å². The highest BCUT2D eigenvalue weighted by Gasteiger charge is 2.17. The number of hydrogen-bond donors (Lipinski definition) is 0. The summed E-state index contributed by atoms with van der Waals surface area (Å²) in [5.74, 6) is 1.87. The lowest BCUT2D eigenvalue weighted by atomic mass is 10.0. The van der Waals surface area contributed by atoms with Crippen LogP contribution in [-0.4, -0.2) is 43.4 Å². The normalized spacial score (nSPS) is 16.2. The third-order valence-electron chi connectivity index (χ3n) is 3.28. The van der Waals surface area contributed by atoms with Crippen LogP contribution >= 0.6 is 0 Å². The summed E-state index contributed by atoms with van der Waals surface area (Å²) in [6, 6.07) is 0. The first-order valence-electron chi connectivity index (χ1n) is 6.62. The van der Waals surface area contributed by atoms with Crippen molar-refractivity contribution in [2.45, 2.75) is 26.0 Å². The molecule has 2 aromatic heterocycles. The maximum absolute atomic E-state index is 5.57.